The third-order valence-electron chi connectivity index (χ3n) is 2.07. The van der Waals surface area contributed by atoms with Crippen LogP contribution in [-0.2, 0) is 6.54 Å². The Morgan fingerprint density at radius 3 is 2.64 bits per heavy atom. The molecule has 2 aromatic heterocycles. The highest BCUT2D eigenvalue weighted by atomic mass is 15.3. The van der Waals surface area contributed by atoms with Crippen LogP contribution in [0.15, 0.2) is 30.7 Å². The van der Waals surface area contributed by atoms with Gasteiger partial charge in [0.25, 0.3) is 0 Å². The molecule has 0 saturated heterocycles. The van der Waals surface area contributed by atoms with Crippen LogP contribution in [0.5, 0.6) is 0 Å². The number of hydrogen-bond acceptors (Lipinski definition) is 3. The molecule has 72 valence electrons. The Kier molecular flexibility index (Phi) is 2.18. The third kappa shape index (κ3) is 1.46. The Labute approximate surface area is 82.4 Å². The lowest BCUT2D eigenvalue weighted by molar-refractivity contribution is 0.662. The van der Waals surface area contributed by atoms with Crippen molar-refractivity contribution in [2.45, 2.75) is 13.5 Å². The highest BCUT2D eigenvalue weighted by Crippen LogP contribution is 2.22. The van der Waals surface area contributed by atoms with Gasteiger partial charge in [0.1, 0.15) is 5.69 Å². The van der Waals surface area contributed by atoms with Gasteiger partial charge in [-0.15, -0.1) is 0 Å². The molecule has 0 fully saturated rings. The Morgan fingerprint density at radius 2 is 2.07 bits per heavy atom. The van der Waals surface area contributed by atoms with E-state index in [1.165, 1.54) is 0 Å². The number of hydrogen-bond donors (Lipinski definition) is 1. The Bertz CT molecular complexity index is 419. The largest absolute Gasteiger partial charge is 0.396 e. The summed E-state index contributed by atoms with van der Waals surface area (Å²) in [5.41, 5.74) is 8.38. The first-order chi connectivity index (χ1) is 6.81. The lowest BCUT2D eigenvalue weighted by Gasteiger charge is -1.96. The number of anilines is 1. The third-order valence-corrected chi connectivity index (χ3v) is 2.07. The van der Waals surface area contributed by atoms with Crippen molar-refractivity contribution in [3.63, 3.8) is 0 Å². The zero-order chi connectivity index (χ0) is 9.97. The molecule has 0 atom stereocenters. The second kappa shape index (κ2) is 3.49. The van der Waals surface area contributed by atoms with Gasteiger partial charge in [-0.3, -0.25) is 9.67 Å². The number of pyridine rings is 1. The van der Waals surface area contributed by atoms with Crippen molar-refractivity contribution in [3.05, 3.63) is 30.7 Å². The molecule has 0 aliphatic carbocycles. The first-order valence-electron chi connectivity index (χ1n) is 4.54. The van der Waals surface area contributed by atoms with E-state index in [2.05, 4.69) is 10.1 Å². The Balaban J connectivity index is 2.46. The SMILES string of the molecule is CCn1cc(N)c(-c2ccncc2)n1. The van der Waals surface area contributed by atoms with Crippen molar-refractivity contribution in [3.8, 4) is 11.3 Å². The highest BCUT2D eigenvalue weighted by Gasteiger charge is 2.06. The molecule has 0 unspecified atom stereocenters. The van der Waals surface area contributed by atoms with E-state index in [0.29, 0.717) is 5.69 Å². The summed E-state index contributed by atoms with van der Waals surface area (Å²) >= 11 is 0. The number of aryl methyl sites for hydroxylation is 1. The molecule has 0 aromatic carbocycles. The smallest absolute Gasteiger partial charge is 0.115 e. The van der Waals surface area contributed by atoms with Crippen LogP contribution in [0.2, 0.25) is 0 Å². The molecule has 4 heteroatoms. The van der Waals surface area contributed by atoms with Crippen LogP contribution in [-0.4, -0.2) is 14.8 Å². The van der Waals surface area contributed by atoms with E-state index in [1.54, 1.807) is 12.4 Å². The average Bonchev–Trinajstić information content (AvgIpc) is 2.61. The number of rotatable bonds is 2. The van der Waals surface area contributed by atoms with Crippen LogP contribution in [0.3, 0.4) is 0 Å². The minimum absolute atomic E-state index is 0.707. The van der Waals surface area contributed by atoms with Crippen LogP contribution in [0.4, 0.5) is 5.69 Å². The van der Waals surface area contributed by atoms with Crippen molar-refractivity contribution in [1.82, 2.24) is 14.8 Å². The van der Waals surface area contributed by atoms with E-state index in [-0.39, 0.29) is 0 Å². The second-order valence-electron chi connectivity index (χ2n) is 3.02. The Morgan fingerprint density at radius 1 is 1.36 bits per heavy atom. The van der Waals surface area contributed by atoms with Gasteiger partial charge >= 0.3 is 0 Å². The minimum atomic E-state index is 0.707. The number of nitrogen functional groups attached to an aromatic ring is 1. The first-order valence-corrected chi connectivity index (χ1v) is 4.54. The van der Waals surface area contributed by atoms with Crippen LogP contribution in [0, 0.1) is 0 Å². The first kappa shape index (κ1) is 8.74. The molecule has 0 spiro atoms. The van der Waals surface area contributed by atoms with Gasteiger partial charge in [0, 0.05) is 30.7 Å². The van der Waals surface area contributed by atoms with Crippen LogP contribution >= 0.6 is 0 Å². The molecule has 2 N–H and O–H groups in total. The van der Waals surface area contributed by atoms with E-state index < -0.39 is 0 Å². The molecule has 2 heterocycles. The molecule has 14 heavy (non-hydrogen) atoms. The van der Waals surface area contributed by atoms with Gasteiger partial charge < -0.3 is 5.73 Å². The number of nitrogens with zero attached hydrogens (tertiary/aromatic N) is 3. The zero-order valence-corrected chi connectivity index (χ0v) is 8.01. The molecular weight excluding hydrogens is 176 g/mol. The summed E-state index contributed by atoms with van der Waals surface area (Å²) in [7, 11) is 0. The van der Waals surface area contributed by atoms with E-state index in [1.807, 2.05) is 29.9 Å². The zero-order valence-electron chi connectivity index (χ0n) is 8.01. The van der Waals surface area contributed by atoms with E-state index >= 15 is 0 Å². The van der Waals surface area contributed by atoms with Crippen LogP contribution < -0.4 is 5.73 Å². The second-order valence-corrected chi connectivity index (χ2v) is 3.02. The standard InChI is InChI=1S/C10H12N4/c1-2-14-7-9(11)10(13-14)8-3-5-12-6-4-8/h3-7H,2,11H2,1H3. The van der Waals surface area contributed by atoms with Gasteiger partial charge in [0.2, 0.25) is 0 Å². The number of aromatic nitrogens is 3. The van der Waals surface area contributed by atoms with Crippen molar-refractivity contribution in [2.24, 2.45) is 0 Å². The quantitative estimate of drug-likeness (QED) is 0.777. The predicted molar refractivity (Wildman–Crippen MR) is 55.5 cm³/mol. The van der Waals surface area contributed by atoms with Crippen molar-refractivity contribution in [1.29, 1.82) is 0 Å². The number of nitrogens with two attached hydrogens (primary N) is 1. The maximum atomic E-state index is 5.85. The molecule has 4 nitrogen and oxygen atoms in total. The van der Waals surface area contributed by atoms with Gasteiger partial charge in [-0.05, 0) is 19.1 Å². The van der Waals surface area contributed by atoms with Crippen LogP contribution in [0.1, 0.15) is 6.92 Å². The molecule has 0 amide bonds. The monoisotopic (exact) mass is 188 g/mol. The molecule has 0 aliphatic rings. The average molecular weight is 188 g/mol. The van der Waals surface area contributed by atoms with Gasteiger partial charge in [-0.2, -0.15) is 5.10 Å². The molecule has 0 bridgehead atoms. The van der Waals surface area contributed by atoms with Crippen molar-refractivity contribution in [2.75, 3.05) is 5.73 Å². The van der Waals surface area contributed by atoms with Gasteiger partial charge in [-0.1, -0.05) is 0 Å². The summed E-state index contributed by atoms with van der Waals surface area (Å²) in [5.74, 6) is 0. The summed E-state index contributed by atoms with van der Waals surface area (Å²) in [4.78, 5) is 3.95. The van der Waals surface area contributed by atoms with E-state index in [0.717, 1.165) is 17.8 Å². The molecule has 0 aliphatic heterocycles. The predicted octanol–water partition coefficient (Wildman–Crippen LogP) is 1.55. The molecule has 2 rings (SSSR count). The fraction of sp³-hybridized carbons (Fsp3) is 0.200. The maximum Gasteiger partial charge on any atom is 0.115 e. The van der Waals surface area contributed by atoms with Gasteiger partial charge in [-0.25, -0.2) is 0 Å². The fourth-order valence-corrected chi connectivity index (χ4v) is 1.33. The van der Waals surface area contributed by atoms with Gasteiger partial charge in [0.05, 0.1) is 5.69 Å². The summed E-state index contributed by atoms with van der Waals surface area (Å²) in [6.07, 6.45) is 5.31. The molecule has 2 aromatic rings. The summed E-state index contributed by atoms with van der Waals surface area (Å²) in [5, 5.41) is 4.36. The molecule has 0 saturated carbocycles. The van der Waals surface area contributed by atoms with E-state index in [9.17, 15) is 0 Å². The fourth-order valence-electron chi connectivity index (χ4n) is 1.33. The van der Waals surface area contributed by atoms with Gasteiger partial charge in [0.15, 0.2) is 0 Å². The molecular formula is C10H12N4. The Hall–Kier alpha value is -1.84. The lowest BCUT2D eigenvalue weighted by atomic mass is 10.2. The summed E-state index contributed by atoms with van der Waals surface area (Å²) in [6, 6.07) is 3.80. The van der Waals surface area contributed by atoms with E-state index in [4.69, 9.17) is 5.73 Å². The summed E-state index contributed by atoms with van der Waals surface area (Å²) < 4.78 is 1.82. The molecule has 0 radical (unpaired) electrons. The van der Waals surface area contributed by atoms with Crippen molar-refractivity contribution < 1.29 is 0 Å². The highest BCUT2D eigenvalue weighted by molar-refractivity contribution is 5.71. The normalized spacial score (nSPS) is 10.4. The maximum absolute atomic E-state index is 5.85. The minimum Gasteiger partial charge on any atom is -0.396 e. The summed E-state index contributed by atoms with van der Waals surface area (Å²) in [6.45, 7) is 2.86. The van der Waals surface area contributed by atoms with Crippen LogP contribution in [0.25, 0.3) is 11.3 Å². The topological polar surface area (TPSA) is 56.7 Å². The van der Waals surface area contributed by atoms with Crippen molar-refractivity contribution >= 4 is 5.69 Å². The lowest BCUT2D eigenvalue weighted by Crippen LogP contribution is -1.93.